The van der Waals surface area contributed by atoms with Crippen molar-refractivity contribution in [2.75, 3.05) is 11.9 Å². The third-order valence-electron chi connectivity index (χ3n) is 3.49. The lowest BCUT2D eigenvalue weighted by molar-refractivity contribution is 0.102. The zero-order chi connectivity index (χ0) is 16.7. The van der Waals surface area contributed by atoms with Crippen LogP contribution in [-0.4, -0.2) is 17.6 Å². The summed E-state index contributed by atoms with van der Waals surface area (Å²) in [6, 6.07) is 14.3. The predicted octanol–water partition coefficient (Wildman–Crippen LogP) is 4.17. The number of benzene rings is 2. The Morgan fingerprint density at radius 3 is 2.74 bits per heavy atom. The van der Waals surface area contributed by atoms with Crippen LogP contribution in [0.4, 0.5) is 5.69 Å². The molecular formula is C19H23NO3. The maximum absolute atomic E-state index is 12.3. The number of ether oxygens (including phenoxy) is 1. The lowest BCUT2D eigenvalue weighted by atomic mass is 10.1. The van der Waals surface area contributed by atoms with E-state index in [1.807, 2.05) is 24.3 Å². The van der Waals surface area contributed by atoms with Crippen molar-refractivity contribution in [2.45, 2.75) is 32.8 Å². The van der Waals surface area contributed by atoms with Gasteiger partial charge < -0.3 is 15.2 Å². The molecule has 2 aromatic rings. The first-order valence-corrected chi connectivity index (χ1v) is 7.92. The number of hydrogen-bond donors (Lipinski definition) is 2. The van der Waals surface area contributed by atoms with Crippen molar-refractivity contribution < 1.29 is 14.6 Å². The average molecular weight is 313 g/mol. The van der Waals surface area contributed by atoms with Crippen molar-refractivity contribution in [3.8, 4) is 5.75 Å². The van der Waals surface area contributed by atoms with Gasteiger partial charge in [-0.05, 0) is 49.2 Å². The van der Waals surface area contributed by atoms with E-state index in [0.717, 1.165) is 18.4 Å². The van der Waals surface area contributed by atoms with Gasteiger partial charge in [-0.25, -0.2) is 0 Å². The van der Waals surface area contributed by atoms with E-state index in [2.05, 4.69) is 12.2 Å². The molecule has 0 spiro atoms. The highest BCUT2D eigenvalue weighted by molar-refractivity contribution is 6.04. The summed E-state index contributed by atoms with van der Waals surface area (Å²) >= 11 is 0. The molecule has 2 N–H and O–H groups in total. The number of nitrogens with one attached hydrogen (secondary N) is 1. The van der Waals surface area contributed by atoms with Gasteiger partial charge in [0.2, 0.25) is 0 Å². The van der Waals surface area contributed by atoms with Crippen LogP contribution in [0.3, 0.4) is 0 Å². The molecule has 0 fully saturated rings. The summed E-state index contributed by atoms with van der Waals surface area (Å²) < 4.78 is 5.62. The predicted molar refractivity (Wildman–Crippen MR) is 91.9 cm³/mol. The zero-order valence-corrected chi connectivity index (χ0v) is 13.6. The van der Waals surface area contributed by atoms with Gasteiger partial charge in [0.15, 0.2) is 0 Å². The number of aliphatic hydroxyl groups excluding tert-OH is 1. The first kappa shape index (κ1) is 17.0. The molecule has 2 rings (SSSR count). The van der Waals surface area contributed by atoms with Gasteiger partial charge in [0.1, 0.15) is 5.75 Å². The molecule has 4 heteroatoms. The summed E-state index contributed by atoms with van der Waals surface area (Å²) in [4.78, 5) is 12.3. The van der Waals surface area contributed by atoms with E-state index in [-0.39, 0.29) is 5.91 Å². The summed E-state index contributed by atoms with van der Waals surface area (Å²) in [6.45, 7) is 4.45. The Balaban J connectivity index is 2.05. The highest BCUT2D eigenvalue weighted by Crippen LogP contribution is 2.19. The van der Waals surface area contributed by atoms with Gasteiger partial charge in [0.25, 0.3) is 5.91 Å². The van der Waals surface area contributed by atoms with Crippen LogP contribution in [0.25, 0.3) is 0 Å². The first-order chi connectivity index (χ1) is 11.1. The number of hydrogen-bond acceptors (Lipinski definition) is 3. The van der Waals surface area contributed by atoms with E-state index in [1.165, 1.54) is 0 Å². The molecule has 0 aromatic heterocycles. The number of carbonyl (C=O) groups excluding carboxylic acids is 1. The molecule has 0 aliphatic carbocycles. The molecule has 0 aliphatic heterocycles. The van der Waals surface area contributed by atoms with Crippen LogP contribution in [0.2, 0.25) is 0 Å². The van der Waals surface area contributed by atoms with E-state index in [1.54, 1.807) is 31.2 Å². The molecular weight excluding hydrogens is 290 g/mol. The van der Waals surface area contributed by atoms with Gasteiger partial charge in [-0.2, -0.15) is 0 Å². The number of aliphatic hydroxyl groups is 1. The highest BCUT2D eigenvalue weighted by Gasteiger charge is 2.09. The normalized spacial score (nSPS) is 11.8. The number of carbonyl (C=O) groups is 1. The van der Waals surface area contributed by atoms with Crippen molar-refractivity contribution in [3.05, 3.63) is 59.7 Å². The molecule has 2 aromatic carbocycles. The van der Waals surface area contributed by atoms with Crippen molar-refractivity contribution in [2.24, 2.45) is 0 Å². The Kier molecular flexibility index (Phi) is 6.18. The van der Waals surface area contributed by atoms with Crippen LogP contribution in [0.15, 0.2) is 48.5 Å². The Labute approximate surface area is 137 Å². The van der Waals surface area contributed by atoms with Crippen molar-refractivity contribution in [1.82, 2.24) is 0 Å². The third-order valence-corrected chi connectivity index (χ3v) is 3.49. The summed E-state index contributed by atoms with van der Waals surface area (Å²) in [6.07, 6.45) is 1.49. The van der Waals surface area contributed by atoms with Crippen molar-refractivity contribution in [1.29, 1.82) is 0 Å². The molecule has 122 valence electrons. The van der Waals surface area contributed by atoms with Gasteiger partial charge in [-0.15, -0.1) is 0 Å². The average Bonchev–Trinajstić information content (AvgIpc) is 2.55. The lowest BCUT2D eigenvalue weighted by Gasteiger charge is -2.10. The first-order valence-electron chi connectivity index (χ1n) is 7.92. The van der Waals surface area contributed by atoms with Crippen LogP contribution in [0.1, 0.15) is 48.7 Å². The Hall–Kier alpha value is -2.33. The Morgan fingerprint density at radius 1 is 1.22 bits per heavy atom. The maximum Gasteiger partial charge on any atom is 0.255 e. The smallest absolute Gasteiger partial charge is 0.255 e. The van der Waals surface area contributed by atoms with Crippen LogP contribution >= 0.6 is 0 Å². The molecule has 0 aliphatic rings. The molecule has 0 unspecified atom stereocenters. The van der Waals surface area contributed by atoms with Crippen molar-refractivity contribution >= 4 is 11.6 Å². The number of rotatable bonds is 7. The van der Waals surface area contributed by atoms with Crippen molar-refractivity contribution in [3.63, 3.8) is 0 Å². The summed E-state index contributed by atoms with van der Waals surface area (Å²) in [5, 5.41) is 12.5. The monoisotopic (exact) mass is 313 g/mol. The molecule has 0 saturated heterocycles. The van der Waals surface area contributed by atoms with Gasteiger partial charge in [-0.3, -0.25) is 4.79 Å². The standard InChI is InChI=1S/C19H23NO3/c1-3-4-11-23-18-10-6-8-16(13-18)19(22)20-17-9-5-7-15(12-17)14(2)21/h5-10,12-14,21H,3-4,11H2,1-2H3,(H,20,22)/t14-/m1/s1. The fourth-order valence-corrected chi connectivity index (χ4v) is 2.14. The highest BCUT2D eigenvalue weighted by atomic mass is 16.5. The lowest BCUT2D eigenvalue weighted by Crippen LogP contribution is -2.12. The molecule has 0 radical (unpaired) electrons. The van der Waals surface area contributed by atoms with E-state index in [9.17, 15) is 9.90 Å². The molecule has 23 heavy (non-hydrogen) atoms. The fourth-order valence-electron chi connectivity index (χ4n) is 2.14. The van der Waals surface area contributed by atoms with E-state index >= 15 is 0 Å². The molecule has 0 bridgehead atoms. The number of amides is 1. The third kappa shape index (κ3) is 5.11. The SMILES string of the molecule is CCCCOc1cccc(C(=O)Nc2cccc([C@@H](C)O)c2)c1. The Morgan fingerprint density at radius 2 is 2.00 bits per heavy atom. The van der Waals surface area contributed by atoms with E-state index in [0.29, 0.717) is 23.6 Å². The number of anilines is 1. The second kappa shape index (κ2) is 8.34. The Bertz CT molecular complexity index is 653. The fraction of sp³-hybridized carbons (Fsp3) is 0.316. The van der Waals surface area contributed by atoms with Crippen LogP contribution in [0, 0.1) is 0 Å². The summed E-state index contributed by atoms with van der Waals surface area (Å²) in [7, 11) is 0. The summed E-state index contributed by atoms with van der Waals surface area (Å²) in [5.41, 5.74) is 1.96. The molecule has 1 atom stereocenters. The van der Waals surface area contributed by atoms with Gasteiger partial charge in [0.05, 0.1) is 12.7 Å². The van der Waals surface area contributed by atoms with Gasteiger partial charge in [0, 0.05) is 11.3 Å². The second-order valence-electron chi connectivity index (χ2n) is 5.49. The quantitative estimate of drug-likeness (QED) is 0.754. The van der Waals surface area contributed by atoms with E-state index < -0.39 is 6.10 Å². The minimum Gasteiger partial charge on any atom is -0.494 e. The van der Waals surface area contributed by atoms with Crippen LogP contribution in [-0.2, 0) is 0 Å². The maximum atomic E-state index is 12.3. The zero-order valence-electron chi connectivity index (χ0n) is 13.6. The molecule has 0 saturated carbocycles. The minimum absolute atomic E-state index is 0.200. The molecule has 4 nitrogen and oxygen atoms in total. The molecule has 0 heterocycles. The largest absolute Gasteiger partial charge is 0.494 e. The van der Waals surface area contributed by atoms with Gasteiger partial charge in [-0.1, -0.05) is 31.5 Å². The van der Waals surface area contributed by atoms with E-state index in [4.69, 9.17) is 4.74 Å². The van der Waals surface area contributed by atoms with Crippen LogP contribution < -0.4 is 10.1 Å². The van der Waals surface area contributed by atoms with Gasteiger partial charge >= 0.3 is 0 Å². The number of unbranched alkanes of at least 4 members (excludes halogenated alkanes) is 1. The topological polar surface area (TPSA) is 58.6 Å². The van der Waals surface area contributed by atoms with Crippen LogP contribution in [0.5, 0.6) is 5.75 Å². The second-order valence-corrected chi connectivity index (χ2v) is 5.49. The summed E-state index contributed by atoms with van der Waals surface area (Å²) in [5.74, 6) is 0.498. The molecule has 1 amide bonds. The minimum atomic E-state index is -0.567.